The van der Waals surface area contributed by atoms with E-state index in [1.165, 1.54) is 18.2 Å². The Morgan fingerprint density at radius 3 is 2.68 bits per heavy atom. The van der Waals surface area contributed by atoms with Crippen LogP contribution < -0.4 is 10.1 Å². The quantitative estimate of drug-likeness (QED) is 0.857. The van der Waals surface area contributed by atoms with Gasteiger partial charge in [0, 0.05) is 6.07 Å². The highest BCUT2D eigenvalue weighted by Crippen LogP contribution is 2.38. The highest BCUT2D eigenvalue weighted by atomic mass is 32.1. The maximum Gasteiger partial charge on any atom is 0.573 e. The number of anilines is 1. The number of nitriles is 1. The van der Waals surface area contributed by atoms with Gasteiger partial charge in [-0.1, -0.05) is 30.6 Å². The number of fused-ring (bicyclic) bond motifs is 1. The summed E-state index contributed by atoms with van der Waals surface area (Å²) in [5.41, 5.74) is -0.606. The number of carbonyl (C=O) groups is 1. The molecule has 1 aromatic heterocycles. The molecule has 3 rings (SSSR count). The third-order valence-corrected chi connectivity index (χ3v) is 5.10. The van der Waals surface area contributed by atoms with Crippen molar-refractivity contribution in [1.82, 2.24) is 4.98 Å². The smallest absolute Gasteiger partial charge is 0.406 e. The molecule has 1 amide bonds. The van der Waals surface area contributed by atoms with Gasteiger partial charge in [0.05, 0.1) is 16.3 Å². The van der Waals surface area contributed by atoms with Crippen molar-refractivity contribution in [3.63, 3.8) is 0 Å². The molecule has 0 aliphatic heterocycles. The van der Waals surface area contributed by atoms with Crippen molar-refractivity contribution >= 4 is 32.6 Å². The lowest BCUT2D eigenvalue weighted by Gasteiger charge is -2.28. The predicted octanol–water partition coefficient (Wildman–Crippen LogP) is 4.61. The summed E-state index contributed by atoms with van der Waals surface area (Å²) in [6.07, 6.45) is -1.12. The number of benzene rings is 1. The van der Waals surface area contributed by atoms with Crippen molar-refractivity contribution < 1.29 is 22.7 Å². The topological polar surface area (TPSA) is 75.0 Å². The summed E-state index contributed by atoms with van der Waals surface area (Å²) in [5, 5.41) is 12.3. The van der Waals surface area contributed by atoms with Gasteiger partial charge in [-0.05, 0) is 25.0 Å². The van der Waals surface area contributed by atoms with Gasteiger partial charge in [-0.3, -0.25) is 4.79 Å². The van der Waals surface area contributed by atoms with Gasteiger partial charge in [0.2, 0.25) is 5.91 Å². The SMILES string of the molecule is N#CC1(C(=O)Nc2nc3ccc(OC(F)(F)F)cc3s2)CCCCC1. The van der Waals surface area contributed by atoms with Crippen molar-refractivity contribution in [2.45, 2.75) is 38.5 Å². The third kappa shape index (κ3) is 3.85. The zero-order valence-corrected chi connectivity index (χ0v) is 13.8. The van der Waals surface area contributed by atoms with Crippen molar-refractivity contribution in [1.29, 1.82) is 5.26 Å². The van der Waals surface area contributed by atoms with Crippen molar-refractivity contribution in [3.8, 4) is 11.8 Å². The molecule has 0 saturated heterocycles. The number of hydrogen-bond acceptors (Lipinski definition) is 5. The van der Waals surface area contributed by atoms with Crippen LogP contribution in [0.5, 0.6) is 5.75 Å². The molecule has 9 heteroatoms. The molecule has 0 atom stereocenters. The van der Waals surface area contributed by atoms with Gasteiger partial charge in [-0.25, -0.2) is 4.98 Å². The molecule has 1 fully saturated rings. The number of aromatic nitrogens is 1. The number of ether oxygens (including phenoxy) is 1. The maximum atomic E-state index is 12.5. The summed E-state index contributed by atoms with van der Waals surface area (Å²) in [5.74, 6) is -0.747. The van der Waals surface area contributed by atoms with E-state index in [0.29, 0.717) is 23.1 Å². The van der Waals surface area contributed by atoms with Crippen molar-refractivity contribution in [2.24, 2.45) is 5.41 Å². The fourth-order valence-corrected chi connectivity index (χ4v) is 3.81. The van der Waals surface area contributed by atoms with E-state index < -0.39 is 17.7 Å². The van der Waals surface area contributed by atoms with E-state index in [2.05, 4.69) is 21.1 Å². The number of rotatable bonds is 3. The normalized spacial score (nSPS) is 17.0. The molecule has 1 N–H and O–H groups in total. The Balaban J connectivity index is 1.80. The Bertz CT molecular complexity index is 835. The number of carbonyl (C=O) groups excluding carboxylic acids is 1. The fraction of sp³-hybridized carbons (Fsp3) is 0.438. The first-order valence-corrected chi connectivity index (χ1v) is 8.52. The molecule has 0 unspecified atom stereocenters. The van der Waals surface area contributed by atoms with E-state index in [1.807, 2.05) is 0 Å². The second kappa shape index (κ2) is 6.52. The minimum absolute atomic E-state index is 0.254. The largest absolute Gasteiger partial charge is 0.573 e. The Morgan fingerprint density at radius 1 is 1.32 bits per heavy atom. The average Bonchev–Trinajstić information content (AvgIpc) is 2.95. The first-order valence-electron chi connectivity index (χ1n) is 7.70. The van der Waals surface area contributed by atoms with Crippen LogP contribution in [0.15, 0.2) is 18.2 Å². The maximum absolute atomic E-state index is 12.5. The zero-order valence-electron chi connectivity index (χ0n) is 13.0. The van der Waals surface area contributed by atoms with Crippen LogP contribution in [0.25, 0.3) is 10.2 Å². The summed E-state index contributed by atoms with van der Waals surface area (Å²) in [6, 6.07) is 5.90. The Kier molecular flexibility index (Phi) is 4.56. The van der Waals surface area contributed by atoms with Gasteiger partial charge < -0.3 is 10.1 Å². The molecule has 0 spiro atoms. The predicted molar refractivity (Wildman–Crippen MR) is 86.1 cm³/mol. The van der Waals surface area contributed by atoms with Crippen LogP contribution in [0, 0.1) is 16.7 Å². The van der Waals surface area contributed by atoms with Gasteiger partial charge in [0.25, 0.3) is 0 Å². The summed E-state index contributed by atoms with van der Waals surface area (Å²) in [4.78, 5) is 16.7. The molecule has 1 aliphatic rings. The second-order valence-electron chi connectivity index (χ2n) is 5.91. The summed E-state index contributed by atoms with van der Waals surface area (Å²) in [7, 11) is 0. The molecule has 5 nitrogen and oxygen atoms in total. The molecule has 0 bridgehead atoms. The van der Waals surface area contributed by atoms with Crippen LogP contribution in [0.2, 0.25) is 0 Å². The van der Waals surface area contributed by atoms with Gasteiger partial charge in [-0.15, -0.1) is 13.2 Å². The first-order chi connectivity index (χ1) is 11.8. The molecule has 1 saturated carbocycles. The standard InChI is InChI=1S/C16H14F3N3O2S/c17-16(18,19)24-10-4-5-11-12(8-10)25-14(21-11)22-13(23)15(9-20)6-2-1-3-7-15/h4-5,8H,1-3,6-7H2,(H,21,22,23). The van der Waals surface area contributed by atoms with Crippen molar-refractivity contribution in [2.75, 3.05) is 5.32 Å². The number of hydrogen-bond donors (Lipinski definition) is 1. The van der Waals surface area contributed by atoms with Crippen LogP contribution in [0.3, 0.4) is 0 Å². The lowest BCUT2D eigenvalue weighted by molar-refractivity contribution is -0.274. The van der Waals surface area contributed by atoms with Crippen LogP contribution in [-0.2, 0) is 4.79 Å². The number of alkyl halides is 3. The minimum Gasteiger partial charge on any atom is -0.406 e. The molecule has 2 aromatic rings. The molecular weight excluding hydrogens is 355 g/mol. The van der Waals surface area contributed by atoms with Gasteiger partial charge >= 0.3 is 6.36 Å². The number of thiazole rings is 1. The van der Waals surface area contributed by atoms with E-state index in [0.717, 1.165) is 30.6 Å². The molecular formula is C16H14F3N3O2S. The van der Waals surface area contributed by atoms with Gasteiger partial charge in [0.15, 0.2) is 5.13 Å². The summed E-state index contributed by atoms with van der Waals surface area (Å²) in [6.45, 7) is 0. The second-order valence-corrected chi connectivity index (χ2v) is 6.94. The van der Waals surface area contributed by atoms with E-state index in [9.17, 15) is 23.2 Å². The number of nitrogens with one attached hydrogen (secondary N) is 1. The van der Waals surface area contributed by atoms with Crippen LogP contribution in [0.4, 0.5) is 18.3 Å². The van der Waals surface area contributed by atoms with Crippen LogP contribution in [0.1, 0.15) is 32.1 Å². The summed E-state index contributed by atoms with van der Waals surface area (Å²) >= 11 is 1.04. The Labute approximate surface area is 145 Å². The van der Waals surface area contributed by atoms with Crippen LogP contribution >= 0.6 is 11.3 Å². The van der Waals surface area contributed by atoms with Gasteiger partial charge in [-0.2, -0.15) is 5.26 Å². The van der Waals surface area contributed by atoms with E-state index in [1.54, 1.807) is 0 Å². The van der Waals surface area contributed by atoms with E-state index in [-0.39, 0.29) is 10.9 Å². The first kappa shape index (κ1) is 17.5. The Morgan fingerprint density at radius 2 is 2.04 bits per heavy atom. The minimum atomic E-state index is -4.77. The number of halogens is 3. The average molecular weight is 369 g/mol. The molecule has 1 heterocycles. The summed E-state index contributed by atoms with van der Waals surface area (Å²) < 4.78 is 41.2. The van der Waals surface area contributed by atoms with E-state index in [4.69, 9.17) is 0 Å². The van der Waals surface area contributed by atoms with Crippen LogP contribution in [-0.4, -0.2) is 17.3 Å². The third-order valence-electron chi connectivity index (χ3n) is 4.17. The highest BCUT2D eigenvalue weighted by molar-refractivity contribution is 7.22. The van der Waals surface area contributed by atoms with E-state index >= 15 is 0 Å². The monoisotopic (exact) mass is 369 g/mol. The lowest BCUT2D eigenvalue weighted by atomic mass is 9.74. The fourth-order valence-electron chi connectivity index (χ4n) is 2.92. The lowest BCUT2D eigenvalue weighted by Crippen LogP contribution is -2.36. The number of amides is 1. The molecule has 0 radical (unpaired) electrons. The molecule has 132 valence electrons. The Hall–Kier alpha value is -2.34. The highest BCUT2D eigenvalue weighted by Gasteiger charge is 2.40. The molecule has 25 heavy (non-hydrogen) atoms. The van der Waals surface area contributed by atoms with Gasteiger partial charge in [0.1, 0.15) is 11.2 Å². The van der Waals surface area contributed by atoms with Crippen molar-refractivity contribution in [3.05, 3.63) is 18.2 Å². The molecule has 1 aromatic carbocycles. The molecule has 1 aliphatic carbocycles. The number of nitrogens with zero attached hydrogens (tertiary/aromatic N) is 2. The zero-order chi connectivity index (χ0) is 18.1.